The van der Waals surface area contributed by atoms with Gasteiger partial charge in [-0.25, -0.2) is 0 Å². The van der Waals surface area contributed by atoms with E-state index in [0.717, 1.165) is 18.1 Å². The lowest BCUT2D eigenvalue weighted by Crippen LogP contribution is -2.24. The lowest BCUT2D eigenvalue weighted by molar-refractivity contribution is 0.556. The van der Waals surface area contributed by atoms with Crippen LogP contribution in [-0.4, -0.2) is 25.6 Å². The molecule has 2 aromatic rings. The monoisotopic (exact) mass is 244 g/mol. The van der Waals surface area contributed by atoms with E-state index >= 15 is 0 Å². The second kappa shape index (κ2) is 4.92. The maximum atomic E-state index is 9.12. The minimum Gasteiger partial charge on any atom is -0.365 e. The summed E-state index contributed by atoms with van der Waals surface area (Å²) in [7, 11) is 1.83. The highest BCUT2D eigenvalue weighted by Gasteiger charge is 2.14. The smallest absolute Gasteiger partial charge is 0.142 e. The van der Waals surface area contributed by atoms with E-state index in [1.807, 2.05) is 37.8 Å². The van der Waals surface area contributed by atoms with Gasteiger partial charge in [-0.3, -0.25) is 9.36 Å². The summed E-state index contributed by atoms with van der Waals surface area (Å²) in [5, 5.41) is 20.8. The Kier molecular flexibility index (Phi) is 3.33. The molecule has 6 heteroatoms. The van der Waals surface area contributed by atoms with Crippen molar-refractivity contribution in [1.29, 1.82) is 5.26 Å². The molecule has 1 unspecified atom stereocenters. The molecule has 2 heterocycles. The van der Waals surface area contributed by atoms with Crippen molar-refractivity contribution in [3.63, 3.8) is 0 Å². The van der Waals surface area contributed by atoms with Crippen LogP contribution in [0.15, 0.2) is 18.5 Å². The van der Waals surface area contributed by atoms with Crippen molar-refractivity contribution in [1.82, 2.24) is 19.6 Å². The quantitative estimate of drug-likeness (QED) is 0.879. The third-order valence-electron chi connectivity index (χ3n) is 2.74. The molecule has 6 nitrogen and oxygen atoms in total. The Balaban J connectivity index is 2.12. The summed E-state index contributed by atoms with van der Waals surface area (Å²) in [6.45, 7) is 4.62. The molecule has 0 aliphatic heterocycles. The highest BCUT2D eigenvalue weighted by molar-refractivity contribution is 5.55. The van der Waals surface area contributed by atoms with Crippen LogP contribution in [0.5, 0.6) is 0 Å². The third-order valence-corrected chi connectivity index (χ3v) is 2.74. The molecule has 1 N–H and O–H groups in total. The molecule has 94 valence electrons. The summed E-state index contributed by atoms with van der Waals surface area (Å²) < 4.78 is 3.56. The Bertz CT molecular complexity index is 560. The van der Waals surface area contributed by atoms with Crippen LogP contribution < -0.4 is 5.32 Å². The number of nitrogens with one attached hydrogen (secondary N) is 1. The van der Waals surface area contributed by atoms with Gasteiger partial charge in [0.25, 0.3) is 0 Å². The Hall–Kier alpha value is -2.29. The summed E-state index contributed by atoms with van der Waals surface area (Å²) in [6, 6.07) is 4.23. The Labute approximate surface area is 106 Å². The fourth-order valence-electron chi connectivity index (χ4n) is 1.93. The number of aryl methyl sites for hydroxylation is 2. The predicted octanol–water partition coefficient (Wildman–Crippen LogP) is 1.30. The van der Waals surface area contributed by atoms with Crippen molar-refractivity contribution in [2.45, 2.75) is 26.4 Å². The fraction of sp³-hybridized carbons (Fsp3) is 0.417. The van der Waals surface area contributed by atoms with E-state index in [9.17, 15) is 0 Å². The van der Waals surface area contributed by atoms with E-state index in [1.54, 1.807) is 10.9 Å². The molecule has 0 amide bonds. The van der Waals surface area contributed by atoms with Crippen LogP contribution in [0.25, 0.3) is 0 Å². The van der Waals surface area contributed by atoms with Crippen molar-refractivity contribution in [3.05, 3.63) is 29.7 Å². The summed E-state index contributed by atoms with van der Waals surface area (Å²) in [6.07, 6.45) is 3.67. The first-order valence-corrected chi connectivity index (χ1v) is 5.79. The van der Waals surface area contributed by atoms with Gasteiger partial charge in [-0.05, 0) is 19.9 Å². The van der Waals surface area contributed by atoms with Crippen LogP contribution in [0.3, 0.4) is 0 Å². The van der Waals surface area contributed by atoms with Gasteiger partial charge in [0.05, 0.1) is 12.2 Å². The second-order valence-corrected chi connectivity index (χ2v) is 4.32. The number of anilines is 1. The molecule has 1 atom stereocenters. The molecule has 0 aliphatic rings. The van der Waals surface area contributed by atoms with Crippen LogP contribution in [0.1, 0.15) is 18.2 Å². The van der Waals surface area contributed by atoms with E-state index in [2.05, 4.69) is 21.6 Å². The number of nitriles is 1. The van der Waals surface area contributed by atoms with Gasteiger partial charge in [-0.1, -0.05) is 0 Å². The Morgan fingerprint density at radius 2 is 2.33 bits per heavy atom. The zero-order valence-corrected chi connectivity index (χ0v) is 10.8. The van der Waals surface area contributed by atoms with Gasteiger partial charge in [-0.2, -0.15) is 15.5 Å². The Morgan fingerprint density at radius 3 is 2.94 bits per heavy atom. The van der Waals surface area contributed by atoms with Crippen molar-refractivity contribution < 1.29 is 0 Å². The van der Waals surface area contributed by atoms with Crippen molar-refractivity contribution in [3.8, 4) is 6.07 Å². The minimum atomic E-state index is 0.159. The van der Waals surface area contributed by atoms with Crippen molar-refractivity contribution >= 4 is 5.82 Å². The standard InChI is InChI=1S/C12H16N6/c1-9(8-18-6-4-5-14-18)15-12-11(7-13)10(2)16-17(12)3/h4-6,9,15H,8H2,1-3H3. The highest BCUT2D eigenvalue weighted by Crippen LogP contribution is 2.18. The molecule has 0 aromatic carbocycles. The average Bonchev–Trinajstić information content (AvgIpc) is 2.89. The van der Waals surface area contributed by atoms with Crippen LogP contribution in [0.4, 0.5) is 5.82 Å². The molecular weight excluding hydrogens is 228 g/mol. The molecule has 0 radical (unpaired) electrons. The van der Waals surface area contributed by atoms with Gasteiger partial charge in [0.2, 0.25) is 0 Å². The van der Waals surface area contributed by atoms with Crippen LogP contribution in [-0.2, 0) is 13.6 Å². The first-order valence-electron chi connectivity index (χ1n) is 5.79. The molecule has 2 rings (SSSR count). The van der Waals surface area contributed by atoms with Crippen molar-refractivity contribution in [2.75, 3.05) is 5.32 Å². The summed E-state index contributed by atoms with van der Waals surface area (Å²) >= 11 is 0. The van der Waals surface area contributed by atoms with Gasteiger partial charge < -0.3 is 5.32 Å². The number of aromatic nitrogens is 4. The van der Waals surface area contributed by atoms with Gasteiger partial charge in [0.15, 0.2) is 0 Å². The Morgan fingerprint density at radius 1 is 1.56 bits per heavy atom. The number of hydrogen-bond donors (Lipinski definition) is 1. The molecule has 0 fully saturated rings. The van der Waals surface area contributed by atoms with E-state index in [4.69, 9.17) is 5.26 Å². The van der Waals surface area contributed by atoms with E-state index < -0.39 is 0 Å². The van der Waals surface area contributed by atoms with Gasteiger partial charge in [0, 0.05) is 25.5 Å². The summed E-state index contributed by atoms with van der Waals surface area (Å²) in [5.74, 6) is 0.759. The molecule has 18 heavy (non-hydrogen) atoms. The predicted molar refractivity (Wildman–Crippen MR) is 68.0 cm³/mol. The van der Waals surface area contributed by atoms with Crippen LogP contribution in [0.2, 0.25) is 0 Å². The lowest BCUT2D eigenvalue weighted by atomic mass is 10.2. The SMILES string of the molecule is Cc1nn(C)c(NC(C)Cn2cccn2)c1C#N. The van der Waals surface area contributed by atoms with E-state index in [-0.39, 0.29) is 6.04 Å². The van der Waals surface area contributed by atoms with Crippen molar-refractivity contribution in [2.24, 2.45) is 7.05 Å². The summed E-state index contributed by atoms with van der Waals surface area (Å²) in [5.41, 5.74) is 1.35. The lowest BCUT2D eigenvalue weighted by Gasteiger charge is -2.15. The van der Waals surface area contributed by atoms with Gasteiger partial charge in [0.1, 0.15) is 17.5 Å². The minimum absolute atomic E-state index is 0.159. The fourth-order valence-corrected chi connectivity index (χ4v) is 1.93. The summed E-state index contributed by atoms with van der Waals surface area (Å²) in [4.78, 5) is 0. The molecule has 2 aromatic heterocycles. The molecule has 0 bridgehead atoms. The molecule has 0 saturated carbocycles. The zero-order chi connectivity index (χ0) is 13.1. The average molecular weight is 244 g/mol. The first-order chi connectivity index (χ1) is 8.61. The molecule has 0 aliphatic carbocycles. The number of nitrogens with zero attached hydrogens (tertiary/aromatic N) is 5. The first kappa shape index (κ1) is 12.2. The van der Waals surface area contributed by atoms with E-state index in [1.165, 1.54) is 0 Å². The second-order valence-electron chi connectivity index (χ2n) is 4.32. The maximum Gasteiger partial charge on any atom is 0.142 e. The zero-order valence-electron chi connectivity index (χ0n) is 10.8. The molecule has 0 saturated heterocycles. The van der Waals surface area contributed by atoms with Gasteiger partial charge in [-0.15, -0.1) is 0 Å². The molecular formula is C12H16N6. The van der Waals surface area contributed by atoms with Crippen LogP contribution in [0, 0.1) is 18.3 Å². The van der Waals surface area contributed by atoms with Crippen LogP contribution >= 0.6 is 0 Å². The number of hydrogen-bond acceptors (Lipinski definition) is 4. The largest absolute Gasteiger partial charge is 0.365 e. The number of rotatable bonds is 4. The van der Waals surface area contributed by atoms with Gasteiger partial charge >= 0.3 is 0 Å². The maximum absolute atomic E-state index is 9.12. The molecule has 0 spiro atoms. The topological polar surface area (TPSA) is 71.5 Å². The van der Waals surface area contributed by atoms with E-state index in [0.29, 0.717) is 5.56 Å². The highest BCUT2D eigenvalue weighted by atomic mass is 15.3. The third kappa shape index (κ3) is 2.35. The normalized spacial score (nSPS) is 12.1.